The van der Waals surface area contributed by atoms with E-state index in [9.17, 15) is 4.79 Å². The van der Waals surface area contributed by atoms with Crippen LogP contribution in [0.1, 0.15) is 52.4 Å². The van der Waals surface area contributed by atoms with Crippen molar-refractivity contribution < 1.29 is 19.0 Å². The molecule has 0 spiro atoms. The Balaban J connectivity index is 2.08. The molecule has 0 radical (unpaired) electrons. The number of nitrogens with one attached hydrogen (secondary N) is 1. The Labute approximate surface area is 161 Å². The van der Waals surface area contributed by atoms with E-state index in [1.54, 1.807) is 25.3 Å². The minimum absolute atomic E-state index is 0.0845. The second-order valence-electron chi connectivity index (χ2n) is 6.82. The molecule has 0 aliphatic heterocycles. The van der Waals surface area contributed by atoms with Crippen LogP contribution in [0.3, 0.4) is 0 Å². The Bertz CT molecular complexity index is 585. The summed E-state index contributed by atoms with van der Waals surface area (Å²) in [6.45, 7) is 4.85. The first-order valence-corrected chi connectivity index (χ1v) is 9.79. The number of benzene rings is 1. The second-order valence-corrected chi connectivity index (χ2v) is 7.23. The van der Waals surface area contributed by atoms with Crippen LogP contribution in [0.4, 0.5) is 5.69 Å². The number of amides is 1. The first-order valence-electron chi connectivity index (χ1n) is 9.41. The summed E-state index contributed by atoms with van der Waals surface area (Å²) < 4.78 is 16.7. The van der Waals surface area contributed by atoms with E-state index in [0.717, 1.165) is 38.5 Å². The number of anilines is 1. The molecule has 1 fully saturated rings. The van der Waals surface area contributed by atoms with Crippen molar-refractivity contribution in [2.45, 2.75) is 64.1 Å². The Morgan fingerprint density at radius 2 is 1.96 bits per heavy atom. The van der Waals surface area contributed by atoms with Crippen LogP contribution in [0, 0.1) is 0 Å². The topological polar surface area (TPSA) is 56.8 Å². The van der Waals surface area contributed by atoms with E-state index in [-0.39, 0.29) is 12.0 Å². The Morgan fingerprint density at radius 3 is 2.54 bits per heavy atom. The average molecular weight is 384 g/mol. The third-order valence-corrected chi connectivity index (χ3v) is 4.96. The van der Waals surface area contributed by atoms with Gasteiger partial charge in [-0.3, -0.25) is 4.79 Å². The molecule has 1 aromatic carbocycles. The lowest BCUT2D eigenvalue weighted by Crippen LogP contribution is -2.45. The molecule has 1 aliphatic carbocycles. The van der Waals surface area contributed by atoms with Gasteiger partial charge in [0.1, 0.15) is 17.5 Å². The van der Waals surface area contributed by atoms with Gasteiger partial charge in [-0.1, -0.05) is 37.3 Å². The van der Waals surface area contributed by atoms with E-state index >= 15 is 0 Å². The summed E-state index contributed by atoms with van der Waals surface area (Å²) in [4.78, 5) is 13.0. The van der Waals surface area contributed by atoms with Gasteiger partial charge in [0.2, 0.25) is 0 Å². The predicted octanol–water partition coefficient (Wildman–Crippen LogP) is 4.82. The molecular weight excluding hydrogens is 354 g/mol. The number of rotatable bonds is 8. The van der Waals surface area contributed by atoms with Crippen LogP contribution in [0.2, 0.25) is 5.02 Å². The van der Waals surface area contributed by atoms with Gasteiger partial charge in [0, 0.05) is 19.4 Å². The molecule has 1 amide bonds. The van der Waals surface area contributed by atoms with Crippen LogP contribution in [-0.2, 0) is 14.3 Å². The van der Waals surface area contributed by atoms with E-state index in [1.807, 2.05) is 13.8 Å². The lowest BCUT2D eigenvalue weighted by Gasteiger charge is -2.31. The number of carbonyl (C=O) groups is 1. The third kappa shape index (κ3) is 5.60. The molecule has 0 bridgehead atoms. The summed E-state index contributed by atoms with van der Waals surface area (Å²) in [7, 11) is 1.63. The first-order chi connectivity index (χ1) is 12.5. The van der Waals surface area contributed by atoms with Crippen LogP contribution in [0.5, 0.6) is 5.75 Å². The Morgan fingerprint density at radius 1 is 1.27 bits per heavy atom. The van der Waals surface area contributed by atoms with E-state index in [0.29, 0.717) is 29.7 Å². The molecule has 6 heteroatoms. The van der Waals surface area contributed by atoms with Gasteiger partial charge >= 0.3 is 0 Å². The molecule has 0 saturated heterocycles. The molecule has 2 rings (SSSR count). The van der Waals surface area contributed by atoms with Crippen LogP contribution in [0.15, 0.2) is 18.2 Å². The minimum Gasteiger partial charge on any atom is -0.487 e. The largest absolute Gasteiger partial charge is 0.487 e. The van der Waals surface area contributed by atoms with Crippen LogP contribution in [-0.4, -0.2) is 37.9 Å². The van der Waals surface area contributed by atoms with Gasteiger partial charge in [-0.05, 0) is 44.9 Å². The van der Waals surface area contributed by atoms with Crippen molar-refractivity contribution in [2.75, 3.05) is 25.6 Å². The molecule has 1 N–H and O–H groups in total. The maximum absolute atomic E-state index is 13.0. The van der Waals surface area contributed by atoms with Crippen molar-refractivity contribution in [3.8, 4) is 5.75 Å². The summed E-state index contributed by atoms with van der Waals surface area (Å²) in [5.41, 5.74) is -0.0880. The highest BCUT2D eigenvalue weighted by Crippen LogP contribution is 2.33. The minimum atomic E-state index is -0.736. The molecule has 1 saturated carbocycles. The van der Waals surface area contributed by atoms with Crippen molar-refractivity contribution in [3.05, 3.63) is 23.2 Å². The molecular formula is C20H30ClNO4. The number of carbonyl (C=O) groups excluding carboxylic acids is 1. The smallest absolute Gasteiger partial charge is 0.256 e. The maximum Gasteiger partial charge on any atom is 0.256 e. The molecule has 0 heterocycles. The maximum atomic E-state index is 13.0. The van der Waals surface area contributed by atoms with Crippen LogP contribution < -0.4 is 10.1 Å². The molecule has 0 unspecified atom stereocenters. The standard InChI is InChI=1S/C20H30ClNO4/c1-4-25-20(11-7-5-6-8-12-20)19(23)22-16-9-10-18(17(21)13-16)26-15(2)14-24-3/h9-10,13,15H,4-8,11-12,14H2,1-3H3,(H,22,23)/t15-/m1/s1. The van der Waals surface area contributed by atoms with Gasteiger partial charge < -0.3 is 19.5 Å². The number of hydrogen-bond donors (Lipinski definition) is 1. The lowest BCUT2D eigenvalue weighted by molar-refractivity contribution is -0.143. The zero-order valence-corrected chi connectivity index (χ0v) is 16.7. The molecule has 0 aromatic heterocycles. The van der Waals surface area contributed by atoms with Crippen molar-refractivity contribution in [1.82, 2.24) is 0 Å². The number of hydrogen-bond acceptors (Lipinski definition) is 4. The molecule has 5 nitrogen and oxygen atoms in total. The van der Waals surface area contributed by atoms with Crippen molar-refractivity contribution >= 4 is 23.2 Å². The van der Waals surface area contributed by atoms with Crippen LogP contribution >= 0.6 is 11.6 Å². The third-order valence-electron chi connectivity index (χ3n) is 4.66. The molecule has 1 aliphatic rings. The highest BCUT2D eigenvalue weighted by atomic mass is 35.5. The fourth-order valence-corrected chi connectivity index (χ4v) is 3.64. The summed E-state index contributed by atoms with van der Waals surface area (Å²) in [5, 5.41) is 3.44. The quantitative estimate of drug-likeness (QED) is 0.654. The zero-order chi connectivity index (χ0) is 19.0. The lowest BCUT2D eigenvalue weighted by atomic mass is 9.93. The second kappa shape index (κ2) is 10.1. The normalized spacial score (nSPS) is 18.0. The first kappa shape index (κ1) is 21.0. The molecule has 1 atom stereocenters. The number of ether oxygens (including phenoxy) is 3. The highest BCUT2D eigenvalue weighted by Gasteiger charge is 2.39. The van der Waals surface area contributed by atoms with Gasteiger partial charge in [-0.2, -0.15) is 0 Å². The van der Waals surface area contributed by atoms with E-state index < -0.39 is 5.60 Å². The summed E-state index contributed by atoms with van der Waals surface area (Å²) in [6.07, 6.45) is 5.74. The van der Waals surface area contributed by atoms with Crippen LogP contribution in [0.25, 0.3) is 0 Å². The average Bonchev–Trinajstić information content (AvgIpc) is 2.84. The zero-order valence-electron chi connectivity index (χ0n) is 16.0. The fourth-order valence-electron chi connectivity index (χ4n) is 3.42. The van der Waals surface area contributed by atoms with E-state index in [2.05, 4.69) is 5.32 Å². The van der Waals surface area contributed by atoms with E-state index in [4.69, 9.17) is 25.8 Å². The summed E-state index contributed by atoms with van der Waals surface area (Å²) in [6, 6.07) is 5.28. The van der Waals surface area contributed by atoms with Gasteiger partial charge in [-0.15, -0.1) is 0 Å². The van der Waals surface area contributed by atoms with Crippen molar-refractivity contribution in [2.24, 2.45) is 0 Å². The number of methoxy groups -OCH3 is 1. The fraction of sp³-hybridized carbons (Fsp3) is 0.650. The monoisotopic (exact) mass is 383 g/mol. The number of halogens is 1. The van der Waals surface area contributed by atoms with Crippen molar-refractivity contribution in [3.63, 3.8) is 0 Å². The SMILES string of the molecule is CCOC1(C(=O)Nc2ccc(O[C@H](C)COC)c(Cl)c2)CCCCCC1. The summed E-state index contributed by atoms with van der Waals surface area (Å²) >= 11 is 6.32. The molecule has 26 heavy (non-hydrogen) atoms. The molecule has 146 valence electrons. The van der Waals surface area contributed by atoms with Gasteiger partial charge in [0.05, 0.1) is 11.6 Å². The molecule has 1 aromatic rings. The highest BCUT2D eigenvalue weighted by molar-refractivity contribution is 6.32. The van der Waals surface area contributed by atoms with E-state index in [1.165, 1.54) is 0 Å². The van der Waals surface area contributed by atoms with Gasteiger partial charge in [0.25, 0.3) is 5.91 Å². The van der Waals surface area contributed by atoms with Crippen molar-refractivity contribution in [1.29, 1.82) is 0 Å². The summed E-state index contributed by atoms with van der Waals surface area (Å²) in [5.74, 6) is 0.488. The predicted molar refractivity (Wildman–Crippen MR) is 104 cm³/mol. The Hall–Kier alpha value is -1.30. The van der Waals surface area contributed by atoms with Gasteiger partial charge in [0.15, 0.2) is 0 Å². The Kier molecular flexibility index (Phi) is 8.19. The van der Waals surface area contributed by atoms with Gasteiger partial charge in [-0.25, -0.2) is 0 Å².